The largest absolute Gasteiger partial charge is 0.494 e. The number of hydrogen-bond acceptors (Lipinski definition) is 4. The molecule has 0 spiro atoms. The van der Waals surface area contributed by atoms with Crippen LogP contribution in [0.15, 0.2) is 41.8 Å². The number of nitrogens with one attached hydrogen (secondary N) is 1. The average molecular weight is 284 g/mol. The van der Waals surface area contributed by atoms with E-state index in [-0.39, 0.29) is 5.91 Å². The summed E-state index contributed by atoms with van der Waals surface area (Å²) in [5.74, 6) is 1.57. The number of aromatic nitrogens is 2. The molecule has 0 saturated carbocycles. The first-order valence-corrected chi connectivity index (χ1v) is 6.86. The van der Waals surface area contributed by atoms with Crippen LogP contribution in [0.4, 0.5) is 5.69 Å². The molecule has 0 unspecified atom stereocenters. The number of imidazole rings is 1. The molecule has 6 nitrogen and oxygen atoms in total. The zero-order valence-corrected chi connectivity index (χ0v) is 11.7. The number of carbonyl (C=O) groups is 1. The van der Waals surface area contributed by atoms with Gasteiger partial charge >= 0.3 is 0 Å². The number of aromatic amines is 1. The Morgan fingerprint density at radius 2 is 2.14 bits per heavy atom. The van der Waals surface area contributed by atoms with Crippen LogP contribution in [-0.4, -0.2) is 28.2 Å². The molecule has 3 rings (SSSR count). The van der Waals surface area contributed by atoms with Gasteiger partial charge in [0.05, 0.1) is 24.4 Å². The maximum atomic E-state index is 12.1. The quantitative estimate of drug-likeness (QED) is 0.914. The van der Waals surface area contributed by atoms with Gasteiger partial charge in [0.2, 0.25) is 0 Å². The van der Waals surface area contributed by atoms with Gasteiger partial charge in [0, 0.05) is 18.8 Å². The van der Waals surface area contributed by atoms with E-state index in [0.717, 1.165) is 23.0 Å². The summed E-state index contributed by atoms with van der Waals surface area (Å²) in [5, 5.41) is 5.83. The van der Waals surface area contributed by atoms with Crippen LogP contribution in [0.25, 0.3) is 0 Å². The van der Waals surface area contributed by atoms with Crippen LogP contribution in [0.3, 0.4) is 0 Å². The van der Waals surface area contributed by atoms with E-state index in [1.807, 2.05) is 31.2 Å². The molecule has 21 heavy (non-hydrogen) atoms. The van der Waals surface area contributed by atoms with E-state index >= 15 is 0 Å². The molecule has 1 aromatic carbocycles. The number of hydrogen-bond donors (Lipinski definition) is 1. The van der Waals surface area contributed by atoms with Gasteiger partial charge in [0.1, 0.15) is 11.6 Å². The van der Waals surface area contributed by atoms with Crippen molar-refractivity contribution < 1.29 is 9.53 Å². The normalized spacial score (nSPS) is 14.4. The Bertz CT molecular complexity index is 647. The van der Waals surface area contributed by atoms with Gasteiger partial charge in [-0.2, -0.15) is 5.10 Å². The number of carbonyl (C=O) groups excluding carboxylic acids is 1. The van der Waals surface area contributed by atoms with Crippen molar-refractivity contribution >= 4 is 17.3 Å². The molecule has 0 bridgehead atoms. The minimum atomic E-state index is -0.0271. The molecule has 1 N–H and O–H groups in total. The molecule has 1 aliphatic heterocycles. The minimum Gasteiger partial charge on any atom is -0.494 e. The highest BCUT2D eigenvalue weighted by atomic mass is 16.5. The molecule has 1 aromatic heterocycles. The summed E-state index contributed by atoms with van der Waals surface area (Å²) >= 11 is 0. The molecule has 0 radical (unpaired) electrons. The zero-order valence-electron chi connectivity index (χ0n) is 11.7. The predicted octanol–water partition coefficient (Wildman–Crippen LogP) is 2.14. The highest BCUT2D eigenvalue weighted by Gasteiger charge is 2.25. The van der Waals surface area contributed by atoms with Crippen molar-refractivity contribution in [2.75, 3.05) is 11.6 Å². The number of benzene rings is 1. The zero-order chi connectivity index (χ0) is 14.7. The summed E-state index contributed by atoms with van der Waals surface area (Å²) in [6.07, 6.45) is 4.34. The van der Waals surface area contributed by atoms with Gasteiger partial charge in [0.25, 0.3) is 5.91 Å². The van der Waals surface area contributed by atoms with Crippen molar-refractivity contribution in [3.05, 3.63) is 42.5 Å². The Balaban J connectivity index is 1.75. The van der Waals surface area contributed by atoms with E-state index < -0.39 is 0 Å². The molecule has 6 heteroatoms. The Morgan fingerprint density at radius 1 is 1.33 bits per heavy atom. The first-order valence-electron chi connectivity index (χ1n) is 6.86. The number of hydrazone groups is 1. The Morgan fingerprint density at radius 3 is 2.81 bits per heavy atom. The third-order valence-corrected chi connectivity index (χ3v) is 3.15. The van der Waals surface area contributed by atoms with E-state index in [9.17, 15) is 4.79 Å². The summed E-state index contributed by atoms with van der Waals surface area (Å²) in [6, 6.07) is 7.35. The van der Waals surface area contributed by atoms with E-state index in [1.165, 1.54) is 5.01 Å². The van der Waals surface area contributed by atoms with E-state index in [2.05, 4.69) is 15.1 Å². The first-order chi connectivity index (χ1) is 10.3. The standard InChI is InChI=1S/C15H16N4O2/c1-2-21-13-5-3-12(4-6-13)19-15(20)10-11(18-19)9-14-16-7-8-17-14/h3-8H,2,9-10H2,1H3,(H,16,17). The maximum absolute atomic E-state index is 12.1. The van der Waals surface area contributed by atoms with Crippen LogP contribution in [0.1, 0.15) is 19.2 Å². The second kappa shape index (κ2) is 5.78. The van der Waals surface area contributed by atoms with Gasteiger partial charge < -0.3 is 9.72 Å². The fraction of sp³-hybridized carbons (Fsp3) is 0.267. The number of anilines is 1. The van der Waals surface area contributed by atoms with Crippen molar-refractivity contribution in [2.24, 2.45) is 5.10 Å². The molecule has 0 saturated heterocycles. The Kier molecular flexibility index (Phi) is 3.68. The highest BCUT2D eigenvalue weighted by Crippen LogP contribution is 2.24. The Hall–Kier alpha value is -2.63. The SMILES string of the molecule is CCOc1ccc(N2N=C(Cc3ncc[nH]3)CC2=O)cc1. The summed E-state index contributed by atoms with van der Waals surface area (Å²) < 4.78 is 5.39. The molecule has 0 fully saturated rings. The van der Waals surface area contributed by atoms with Crippen LogP contribution in [-0.2, 0) is 11.2 Å². The lowest BCUT2D eigenvalue weighted by atomic mass is 10.2. The van der Waals surface area contributed by atoms with Crippen LogP contribution in [0, 0.1) is 0 Å². The van der Waals surface area contributed by atoms with Crippen molar-refractivity contribution in [3.8, 4) is 5.75 Å². The fourth-order valence-electron chi connectivity index (χ4n) is 2.22. The third-order valence-electron chi connectivity index (χ3n) is 3.15. The van der Waals surface area contributed by atoms with Crippen LogP contribution in [0.2, 0.25) is 0 Å². The molecule has 0 atom stereocenters. The summed E-state index contributed by atoms with van der Waals surface area (Å²) in [5.41, 5.74) is 1.56. The second-order valence-corrected chi connectivity index (χ2v) is 4.69. The lowest BCUT2D eigenvalue weighted by Gasteiger charge is -2.12. The van der Waals surface area contributed by atoms with E-state index in [0.29, 0.717) is 19.4 Å². The molecule has 108 valence electrons. The van der Waals surface area contributed by atoms with Gasteiger partial charge in [-0.15, -0.1) is 0 Å². The number of nitrogens with zero attached hydrogens (tertiary/aromatic N) is 3. The van der Waals surface area contributed by atoms with Crippen molar-refractivity contribution in [2.45, 2.75) is 19.8 Å². The van der Waals surface area contributed by atoms with Gasteiger partial charge in [-0.05, 0) is 31.2 Å². The topological polar surface area (TPSA) is 70.6 Å². The van der Waals surface area contributed by atoms with E-state index in [4.69, 9.17) is 4.74 Å². The summed E-state index contributed by atoms with van der Waals surface area (Å²) in [7, 11) is 0. The average Bonchev–Trinajstić information content (AvgIpc) is 3.11. The molecule has 1 aliphatic rings. The van der Waals surface area contributed by atoms with Gasteiger partial charge in [-0.3, -0.25) is 4.79 Å². The summed E-state index contributed by atoms with van der Waals surface area (Å²) in [6.45, 7) is 2.55. The number of H-pyrrole nitrogens is 1. The Labute approximate surface area is 122 Å². The molecular weight excluding hydrogens is 268 g/mol. The van der Waals surface area contributed by atoms with Crippen LogP contribution >= 0.6 is 0 Å². The van der Waals surface area contributed by atoms with Gasteiger partial charge in [-0.1, -0.05) is 0 Å². The number of amides is 1. The molecule has 1 amide bonds. The van der Waals surface area contributed by atoms with Crippen molar-refractivity contribution in [1.29, 1.82) is 0 Å². The number of ether oxygens (including phenoxy) is 1. The monoisotopic (exact) mass is 284 g/mol. The summed E-state index contributed by atoms with van der Waals surface area (Å²) in [4.78, 5) is 19.2. The minimum absolute atomic E-state index is 0.0271. The fourth-order valence-corrected chi connectivity index (χ4v) is 2.22. The van der Waals surface area contributed by atoms with Crippen LogP contribution < -0.4 is 9.75 Å². The molecule has 0 aliphatic carbocycles. The van der Waals surface area contributed by atoms with Gasteiger partial charge in [-0.25, -0.2) is 9.99 Å². The van der Waals surface area contributed by atoms with Gasteiger partial charge in [0.15, 0.2) is 0 Å². The molecule has 2 heterocycles. The molecule has 2 aromatic rings. The third kappa shape index (κ3) is 2.94. The van der Waals surface area contributed by atoms with E-state index in [1.54, 1.807) is 12.4 Å². The van der Waals surface area contributed by atoms with Crippen LogP contribution in [0.5, 0.6) is 5.75 Å². The lowest BCUT2D eigenvalue weighted by Crippen LogP contribution is -2.19. The smallest absolute Gasteiger partial charge is 0.253 e. The predicted molar refractivity (Wildman–Crippen MR) is 79.4 cm³/mol. The number of rotatable bonds is 5. The van der Waals surface area contributed by atoms with Crippen molar-refractivity contribution in [3.63, 3.8) is 0 Å². The maximum Gasteiger partial charge on any atom is 0.253 e. The first kappa shape index (κ1) is 13.4. The second-order valence-electron chi connectivity index (χ2n) is 4.69. The lowest BCUT2D eigenvalue weighted by molar-refractivity contribution is -0.116. The highest BCUT2D eigenvalue weighted by molar-refractivity contribution is 6.13. The van der Waals surface area contributed by atoms with Crippen molar-refractivity contribution in [1.82, 2.24) is 9.97 Å². The molecular formula is C15H16N4O2.